The van der Waals surface area contributed by atoms with Gasteiger partial charge in [-0.2, -0.15) is 0 Å². The molecule has 11 nitrogen and oxygen atoms in total. The zero-order valence-corrected chi connectivity index (χ0v) is 19.9. The molecule has 200 valence electrons. The average Bonchev–Trinajstić information content (AvgIpc) is 2.89. The SMILES string of the molecule is COc1cc(C[C@@H](CO)Oc2ccc(CCCO)cc2O[C@@H]2O[C@H](CO)[C@@H](O)[C@H](O)[C@H]2O)ccc1O. The maximum atomic E-state index is 10.4. The molecular weight excluding hydrogens is 476 g/mol. The maximum absolute atomic E-state index is 10.4. The minimum atomic E-state index is -1.62. The third-order valence-electron chi connectivity index (χ3n) is 5.93. The van der Waals surface area contributed by atoms with Crippen LogP contribution in [-0.4, -0.2) is 99.5 Å². The van der Waals surface area contributed by atoms with E-state index in [2.05, 4.69) is 0 Å². The van der Waals surface area contributed by atoms with Gasteiger partial charge in [0.05, 0.1) is 20.3 Å². The first kappa shape index (κ1) is 27.9. The van der Waals surface area contributed by atoms with Crippen LogP contribution in [0.15, 0.2) is 36.4 Å². The van der Waals surface area contributed by atoms with Crippen molar-refractivity contribution in [1.29, 1.82) is 0 Å². The predicted octanol–water partition coefficient (Wildman–Crippen LogP) is -0.513. The number of phenolic OH excluding ortho intramolecular Hbond substituents is 1. The molecular formula is C25H34O11. The summed E-state index contributed by atoms with van der Waals surface area (Å²) in [4.78, 5) is 0. The van der Waals surface area contributed by atoms with E-state index in [-0.39, 0.29) is 42.6 Å². The lowest BCUT2D eigenvalue weighted by molar-refractivity contribution is -0.277. The minimum Gasteiger partial charge on any atom is -0.504 e. The van der Waals surface area contributed by atoms with E-state index in [0.29, 0.717) is 12.8 Å². The lowest BCUT2D eigenvalue weighted by Crippen LogP contribution is -2.60. The van der Waals surface area contributed by atoms with Gasteiger partial charge in [0.25, 0.3) is 0 Å². The van der Waals surface area contributed by atoms with Gasteiger partial charge in [-0.25, -0.2) is 0 Å². The van der Waals surface area contributed by atoms with Crippen molar-refractivity contribution in [3.8, 4) is 23.0 Å². The van der Waals surface area contributed by atoms with Crippen LogP contribution in [0, 0.1) is 0 Å². The first-order chi connectivity index (χ1) is 17.3. The molecule has 1 heterocycles. The highest BCUT2D eigenvalue weighted by atomic mass is 16.7. The van der Waals surface area contributed by atoms with Crippen LogP contribution in [0.2, 0.25) is 0 Å². The van der Waals surface area contributed by atoms with E-state index in [0.717, 1.165) is 11.1 Å². The van der Waals surface area contributed by atoms with Crippen molar-refractivity contribution in [1.82, 2.24) is 0 Å². The van der Waals surface area contributed by atoms with Gasteiger partial charge in [0.1, 0.15) is 30.5 Å². The number of aliphatic hydroxyl groups is 6. The van der Waals surface area contributed by atoms with E-state index in [1.807, 2.05) is 0 Å². The molecule has 0 radical (unpaired) electrons. The van der Waals surface area contributed by atoms with Crippen LogP contribution in [0.25, 0.3) is 0 Å². The second kappa shape index (κ2) is 13.1. The van der Waals surface area contributed by atoms with Crippen molar-refractivity contribution in [2.75, 3.05) is 26.9 Å². The van der Waals surface area contributed by atoms with Crippen LogP contribution in [0.3, 0.4) is 0 Å². The fourth-order valence-electron chi connectivity index (χ4n) is 3.91. The van der Waals surface area contributed by atoms with E-state index >= 15 is 0 Å². The Hall–Kier alpha value is -2.64. The van der Waals surface area contributed by atoms with Gasteiger partial charge in [-0.05, 0) is 48.2 Å². The Morgan fingerprint density at radius 3 is 2.28 bits per heavy atom. The first-order valence-electron chi connectivity index (χ1n) is 11.7. The Balaban J connectivity index is 1.84. The topological polar surface area (TPSA) is 179 Å². The van der Waals surface area contributed by atoms with E-state index in [4.69, 9.17) is 24.1 Å². The number of hydrogen-bond acceptors (Lipinski definition) is 11. The highest BCUT2D eigenvalue weighted by molar-refractivity contribution is 5.44. The molecule has 0 unspecified atom stereocenters. The van der Waals surface area contributed by atoms with E-state index in [9.17, 15) is 30.6 Å². The molecule has 0 saturated carbocycles. The van der Waals surface area contributed by atoms with Crippen molar-refractivity contribution in [3.63, 3.8) is 0 Å². The Morgan fingerprint density at radius 2 is 1.61 bits per heavy atom. The van der Waals surface area contributed by atoms with Crippen LogP contribution >= 0.6 is 0 Å². The third kappa shape index (κ3) is 6.77. The Morgan fingerprint density at radius 1 is 0.889 bits per heavy atom. The summed E-state index contributed by atoms with van der Waals surface area (Å²) in [6.07, 6.45) is -6.77. The number of ether oxygens (including phenoxy) is 4. The molecule has 0 aliphatic carbocycles. The molecule has 0 amide bonds. The summed E-state index contributed by atoms with van der Waals surface area (Å²) >= 11 is 0. The van der Waals surface area contributed by atoms with Crippen molar-refractivity contribution < 1.29 is 54.7 Å². The normalized spacial score (nSPS) is 24.8. The van der Waals surface area contributed by atoms with Crippen molar-refractivity contribution in [2.45, 2.75) is 56.1 Å². The van der Waals surface area contributed by atoms with Gasteiger partial charge in [-0.1, -0.05) is 12.1 Å². The Labute approximate surface area is 208 Å². The number of phenols is 1. The molecule has 36 heavy (non-hydrogen) atoms. The fraction of sp³-hybridized carbons (Fsp3) is 0.520. The van der Waals surface area contributed by atoms with Gasteiger partial charge in [0, 0.05) is 13.0 Å². The molecule has 7 N–H and O–H groups in total. The van der Waals surface area contributed by atoms with E-state index in [1.165, 1.54) is 13.2 Å². The summed E-state index contributed by atoms with van der Waals surface area (Å²) < 4.78 is 22.4. The van der Waals surface area contributed by atoms with Gasteiger partial charge in [-0.3, -0.25) is 0 Å². The lowest BCUT2D eigenvalue weighted by atomic mass is 9.99. The van der Waals surface area contributed by atoms with Crippen molar-refractivity contribution in [2.24, 2.45) is 0 Å². The number of benzene rings is 2. The highest BCUT2D eigenvalue weighted by Gasteiger charge is 2.45. The second-order valence-electron chi connectivity index (χ2n) is 8.56. The Bertz CT molecular complexity index is 967. The zero-order valence-electron chi connectivity index (χ0n) is 19.9. The van der Waals surface area contributed by atoms with Crippen molar-refractivity contribution in [3.05, 3.63) is 47.5 Å². The van der Waals surface area contributed by atoms with Gasteiger partial charge < -0.3 is 54.7 Å². The third-order valence-corrected chi connectivity index (χ3v) is 5.93. The summed E-state index contributed by atoms with van der Waals surface area (Å²) in [6.45, 7) is -0.966. The summed E-state index contributed by atoms with van der Waals surface area (Å²) in [6, 6.07) is 9.80. The minimum absolute atomic E-state index is 0.0101. The molecule has 2 aromatic carbocycles. The number of aliphatic hydroxyl groups excluding tert-OH is 6. The summed E-state index contributed by atoms with van der Waals surface area (Å²) in [5, 5.41) is 68.9. The molecule has 1 fully saturated rings. The standard InChI is InChI=1S/C25H34O11/c1-33-19-11-15(4-6-17(19)29)9-16(12-27)34-18-7-5-14(3-2-8-26)10-20(18)35-25-24(32)23(31)22(30)21(13-28)36-25/h4-7,10-11,16,21-32H,2-3,8-9,12-13H2,1H3/t16-,21+,22+,23-,24+,25+/m0/s1. The average molecular weight is 511 g/mol. The quantitative estimate of drug-likeness (QED) is 0.195. The van der Waals surface area contributed by atoms with Crippen LogP contribution in [0.4, 0.5) is 0 Å². The molecule has 6 atom stereocenters. The fourth-order valence-corrected chi connectivity index (χ4v) is 3.91. The van der Waals surface area contributed by atoms with Gasteiger partial charge >= 0.3 is 0 Å². The number of aromatic hydroxyl groups is 1. The van der Waals surface area contributed by atoms with Crippen LogP contribution < -0.4 is 14.2 Å². The Kier molecular flexibility index (Phi) is 10.1. The van der Waals surface area contributed by atoms with Crippen LogP contribution in [-0.2, 0) is 17.6 Å². The maximum Gasteiger partial charge on any atom is 0.229 e. The van der Waals surface area contributed by atoms with Gasteiger partial charge in [0.2, 0.25) is 6.29 Å². The van der Waals surface area contributed by atoms with Crippen LogP contribution in [0.5, 0.6) is 23.0 Å². The number of aryl methyl sites for hydroxylation is 1. The molecule has 0 bridgehead atoms. The summed E-state index contributed by atoms with van der Waals surface area (Å²) in [5.74, 6) is 0.612. The van der Waals surface area contributed by atoms with Gasteiger partial charge in [-0.15, -0.1) is 0 Å². The van der Waals surface area contributed by atoms with Gasteiger partial charge in [0.15, 0.2) is 23.0 Å². The number of methoxy groups -OCH3 is 1. The molecule has 1 aliphatic rings. The molecule has 2 aromatic rings. The monoisotopic (exact) mass is 510 g/mol. The second-order valence-corrected chi connectivity index (χ2v) is 8.56. The van der Waals surface area contributed by atoms with E-state index in [1.54, 1.807) is 30.3 Å². The molecule has 1 aliphatic heterocycles. The summed E-state index contributed by atoms with van der Waals surface area (Å²) in [5.41, 5.74) is 1.53. The molecule has 11 heteroatoms. The van der Waals surface area contributed by atoms with Crippen LogP contribution in [0.1, 0.15) is 17.5 Å². The summed E-state index contributed by atoms with van der Waals surface area (Å²) in [7, 11) is 1.43. The zero-order chi connectivity index (χ0) is 26.2. The number of rotatable bonds is 12. The number of hydrogen-bond donors (Lipinski definition) is 7. The largest absolute Gasteiger partial charge is 0.504 e. The highest BCUT2D eigenvalue weighted by Crippen LogP contribution is 2.34. The molecule has 0 spiro atoms. The predicted molar refractivity (Wildman–Crippen MR) is 126 cm³/mol. The molecule has 1 saturated heterocycles. The lowest BCUT2D eigenvalue weighted by Gasteiger charge is -2.39. The molecule has 0 aromatic heterocycles. The van der Waals surface area contributed by atoms with E-state index < -0.39 is 43.4 Å². The first-order valence-corrected chi connectivity index (χ1v) is 11.7. The van der Waals surface area contributed by atoms with Crippen molar-refractivity contribution >= 4 is 0 Å². The molecule has 3 rings (SSSR count). The smallest absolute Gasteiger partial charge is 0.229 e.